The summed E-state index contributed by atoms with van der Waals surface area (Å²) in [6, 6.07) is 4.38. The molecule has 0 saturated heterocycles. The molecule has 2 aromatic heterocycles. The van der Waals surface area contributed by atoms with Crippen LogP contribution in [-0.4, -0.2) is 66.0 Å². The van der Waals surface area contributed by atoms with E-state index in [0.29, 0.717) is 18.7 Å². The zero-order valence-electron chi connectivity index (χ0n) is 24.5. The summed E-state index contributed by atoms with van der Waals surface area (Å²) in [5, 5.41) is 17.6. The Bertz CT molecular complexity index is 1540. The lowest BCUT2D eigenvalue weighted by atomic mass is 10.2. The standard InChI is InChI=1S/C27H42N6O5SSi/c1-19(34)15-28-25-30-23-9-8-21(39(36,37)31-27(5)10-11-27)14-22(23)24(35)33(25)18-20-16-29-32(17-20)12-13-38-40(6,7)26(2,3)4/h8-9,14,16-17,19,31,34H,10-13,15,18H2,1-7H3,(H,28,30). The molecule has 11 nitrogen and oxygen atoms in total. The van der Waals surface area contributed by atoms with Crippen LogP contribution in [-0.2, 0) is 27.5 Å². The smallest absolute Gasteiger partial charge is 0.263 e. The second-order valence-corrected chi connectivity index (χ2v) is 19.1. The van der Waals surface area contributed by atoms with Gasteiger partial charge in [-0.25, -0.2) is 18.1 Å². The van der Waals surface area contributed by atoms with Crippen LogP contribution < -0.4 is 15.6 Å². The number of hydrogen-bond acceptors (Lipinski definition) is 8. The normalized spacial score (nSPS) is 16.3. The minimum Gasteiger partial charge on any atom is -0.415 e. The monoisotopic (exact) mass is 590 g/mol. The Morgan fingerprint density at radius 1 is 1.25 bits per heavy atom. The second kappa shape index (κ2) is 11.0. The van der Waals surface area contributed by atoms with Crippen LogP contribution in [0.3, 0.4) is 0 Å². The number of nitrogens with one attached hydrogen (secondary N) is 2. The first-order valence-electron chi connectivity index (χ1n) is 13.7. The van der Waals surface area contributed by atoms with Crippen molar-refractivity contribution in [2.45, 2.75) is 95.2 Å². The lowest BCUT2D eigenvalue weighted by molar-refractivity contribution is 0.208. The van der Waals surface area contributed by atoms with Crippen molar-refractivity contribution in [1.82, 2.24) is 24.1 Å². The molecule has 0 bridgehead atoms. The van der Waals surface area contributed by atoms with Gasteiger partial charge >= 0.3 is 0 Å². The Kier molecular flexibility index (Phi) is 8.36. The first-order valence-corrected chi connectivity index (χ1v) is 18.0. The summed E-state index contributed by atoms with van der Waals surface area (Å²) in [6.45, 7) is 16.0. The van der Waals surface area contributed by atoms with Gasteiger partial charge in [0.15, 0.2) is 8.32 Å². The zero-order valence-corrected chi connectivity index (χ0v) is 26.3. The van der Waals surface area contributed by atoms with Gasteiger partial charge in [-0.2, -0.15) is 5.10 Å². The third-order valence-corrected chi connectivity index (χ3v) is 14.0. The second-order valence-electron chi connectivity index (χ2n) is 12.6. The van der Waals surface area contributed by atoms with E-state index in [2.05, 4.69) is 54.0 Å². The summed E-state index contributed by atoms with van der Waals surface area (Å²) in [7, 11) is -5.66. The van der Waals surface area contributed by atoms with E-state index < -0.39 is 30.0 Å². The number of anilines is 1. The molecule has 1 unspecified atom stereocenters. The summed E-state index contributed by atoms with van der Waals surface area (Å²) in [4.78, 5) is 18.4. The molecular formula is C27H42N6O5SSi. The van der Waals surface area contributed by atoms with Gasteiger partial charge in [0.05, 0.1) is 47.8 Å². The van der Waals surface area contributed by atoms with Crippen molar-refractivity contribution in [2.75, 3.05) is 18.5 Å². The Morgan fingerprint density at radius 3 is 2.58 bits per heavy atom. The SMILES string of the molecule is CC(O)CNc1nc2ccc(S(=O)(=O)NC3(C)CC3)cc2c(=O)n1Cc1cnn(CCO[Si](C)(C)C(C)(C)C)c1. The van der Waals surface area contributed by atoms with Crippen molar-refractivity contribution in [3.63, 3.8) is 0 Å². The molecule has 13 heteroatoms. The van der Waals surface area contributed by atoms with Crippen LogP contribution in [0.25, 0.3) is 10.9 Å². The highest BCUT2D eigenvalue weighted by atomic mass is 32.2. The summed E-state index contributed by atoms with van der Waals surface area (Å²) in [6.07, 6.45) is 4.46. The molecule has 1 aliphatic rings. The third-order valence-electron chi connectivity index (χ3n) is 7.79. The number of hydrogen-bond donors (Lipinski definition) is 3. The van der Waals surface area contributed by atoms with Gasteiger partial charge in [-0.1, -0.05) is 20.8 Å². The number of aliphatic hydroxyl groups is 1. The molecule has 0 spiro atoms. The fourth-order valence-electron chi connectivity index (χ4n) is 3.96. The Balaban J connectivity index is 1.61. The Labute approximate surface area is 237 Å². The average Bonchev–Trinajstić information content (AvgIpc) is 3.38. The largest absolute Gasteiger partial charge is 0.415 e. The predicted molar refractivity (Wildman–Crippen MR) is 159 cm³/mol. The van der Waals surface area contributed by atoms with E-state index in [4.69, 9.17) is 4.43 Å². The number of fused-ring (bicyclic) bond motifs is 1. The van der Waals surface area contributed by atoms with Crippen molar-refractivity contribution in [3.8, 4) is 0 Å². The molecular weight excluding hydrogens is 548 g/mol. The van der Waals surface area contributed by atoms with E-state index in [-0.39, 0.29) is 39.9 Å². The van der Waals surface area contributed by atoms with E-state index in [0.717, 1.165) is 18.4 Å². The average molecular weight is 591 g/mol. The minimum atomic E-state index is -3.79. The van der Waals surface area contributed by atoms with Gasteiger partial charge in [0.25, 0.3) is 5.56 Å². The lowest BCUT2D eigenvalue weighted by Gasteiger charge is -2.36. The van der Waals surface area contributed by atoms with Crippen molar-refractivity contribution in [3.05, 3.63) is 46.5 Å². The Hall–Kier alpha value is -2.58. The van der Waals surface area contributed by atoms with Gasteiger partial charge in [-0.05, 0) is 63.0 Å². The van der Waals surface area contributed by atoms with Crippen LogP contribution in [0.2, 0.25) is 18.1 Å². The van der Waals surface area contributed by atoms with Crippen LogP contribution in [0.15, 0.2) is 40.3 Å². The maximum Gasteiger partial charge on any atom is 0.263 e. The van der Waals surface area contributed by atoms with E-state index in [1.807, 2.05) is 13.1 Å². The number of rotatable bonds is 12. The highest BCUT2D eigenvalue weighted by molar-refractivity contribution is 7.89. The molecule has 220 valence electrons. The molecule has 1 fully saturated rings. The molecule has 4 rings (SSSR count). The lowest BCUT2D eigenvalue weighted by Crippen LogP contribution is -2.41. The number of benzene rings is 1. The van der Waals surface area contributed by atoms with Crippen LogP contribution >= 0.6 is 0 Å². The molecule has 0 amide bonds. The molecule has 3 N–H and O–H groups in total. The predicted octanol–water partition coefficient (Wildman–Crippen LogP) is 3.29. The van der Waals surface area contributed by atoms with Gasteiger partial charge in [-0.15, -0.1) is 0 Å². The maximum absolute atomic E-state index is 13.7. The van der Waals surface area contributed by atoms with Crippen LogP contribution in [0, 0.1) is 0 Å². The molecule has 1 aliphatic carbocycles. The molecule has 1 atom stereocenters. The van der Waals surface area contributed by atoms with E-state index in [1.54, 1.807) is 23.9 Å². The molecule has 3 aromatic rings. The van der Waals surface area contributed by atoms with Crippen LogP contribution in [0.1, 0.15) is 53.0 Å². The molecule has 40 heavy (non-hydrogen) atoms. The van der Waals surface area contributed by atoms with Crippen molar-refractivity contribution in [1.29, 1.82) is 0 Å². The highest BCUT2D eigenvalue weighted by Gasteiger charge is 2.41. The summed E-state index contributed by atoms with van der Waals surface area (Å²) in [5.41, 5.74) is 0.325. The Morgan fingerprint density at radius 2 is 1.95 bits per heavy atom. The third kappa shape index (κ3) is 7.00. The number of nitrogens with zero attached hydrogens (tertiary/aromatic N) is 4. The van der Waals surface area contributed by atoms with E-state index >= 15 is 0 Å². The molecule has 1 aromatic carbocycles. The van der Waals surface area contributed by atoms with E-state index in [9.17, 15) is 18.3 Å². The first-order chi connectivity index (χ1) is 18.5. The van der Waals surface area contributed by atoms with Crippen molar-refractivity contribution in [2.24, 2.45) is 0 Å². The molecule has 0 radical (unpaired) electrons. The first kappa shape index (κ1) is 30.4. The quantitative estimate of drug-likeness (QED) is 0.273. The van der Waals surface area contributed by atoms with Gasteiger partial charge in [0.2, 0.25) is 16.0 Å². The number of sulfonamides is 1. The minimum absolute atomic E-state index is 0.0258. The van der Waals surface area contributed by atoms with Crippen molar-refractivity contribution < 1.29 is 18.0 Å². The highest BCUT2D eigenvalue weighted by Crippen LogP contribution is 2.37. The summed E-state index contributed by atoms with van der Waals surface area (Å²) in [5.74, 6) is 0.284. The molecule has 1 saturated carbocycles. The van der Waals surface area contributed by atoms with E-state index in [1.165, 1.54) is 16.7 Å². The topological polar surface area (TPSA) is 140 Å². The maximum atomic E-state index is 13.7. The fraction of sp³-hybridized carbons (Fsp3) is 0.593. The fourth-order valence-corrected chi connectivity index (χ4v) is 6.49. The van der Waals surface area contributed by atoms with Gasteiger partial charge in [-0.3, -0.25) is 14.0 Å². The molecule has 0 aliphatic heterocycles. The van der Waals surface area contributed by atoms with Gasteiger partial charge in [0, 0.05) is 23.8 Å². The summed E-state index contributed by atoms with van der Waals surface area (Å²) < 4.78 is 38.2. The van der Waals surface area contributed by atoms with Crippen LogP contribution in [0.5, 0.6) is 0 Å². The van der Waals surface area contributed by atoms with Gasteiger partial charge in [0.1, 0.15) is 0 Å². The molecule has 2 heterocycles. The number of aromatic nitrogens is 4. The van der Waals surface area contributed by atoms with Crippen molar-refractivity contribution >= 4 is 35.2 Å². The van der Waals surface area contributed by atoms with Crippen LogP contribution in [0.4, 0.5) is 5.95 Å². The summed E-state index contributed by atoms with van der Waals surface area (Å²) >= 11 is 0. The zero-order chi connectivity index (χ0) is 29.5. The number of aliphatic hydroxyl groups excluding tert-OH is 1. The van der Waals surface area contributed by atoms with Gasteiger partial charge < -0.3 is 14.8 Å².